The summed E-state index contributed by atoms with van der Waals surface area (Å²) in [5.41, 5.74) is 3.56. The van der Waals surface area contributed by atoms with Crippen molar-refractivity contribution in [3.63, 3.8) is 0 Å². The van der Waals surface area contributed by atoms with Gasteiger partial charge in [-0.25, -0.2) is 8.42 Å². The maximum atomic E-state index is 14.9. The van der Waals surface area contributed by atoms with E-state index < -0.39 is 52.0 Å². The van der Waals surface area contributed by atoms with Crippen molar-refractivity contribution in [2.45, 2.75) is 42.2 Å². The van der Waals surface area contributed by atoms with Gasteiger partial charge < -0.3 is 9.47 Å². The number of carbonyl (C=O) groups is 2. The van der Waals surface area contributed by atoms with Crippen LogP contribution in [0.1, 0.15) is 40.4 Å². The summed E-state index contributed by atoms with van der Waals surface area (Å²) in [4.78, 5) is 32.7. The van der Waals surface area contributed by atoms with Gasteiger partial charge in [-0.3, -0.25) is 19.4 Å². The van der Waals surface area contributed by atoms with Crippen molar-refractivity contribution in [1.82, 2.24) is 14.1 Å². The normalized spacial score (nSPS) is 25.6. The van der Waals surface area contributed by atoms with Crippen molar-refractivity contribution in [1.29, 1.82) is 0 Å². The highest BCUT2D eigenvalue weighted by Crippen LogP contribution is 2.56. The molecule has 2 fully saturated rings. The van der Waals surface area contributed by atoms with E-state index in [0.29, 0.717) is 5.56 Å². The van der Waals surface area contributed by atoms with Gasteiger partial charge in [-0.2, -0.15) is 4.31 Å². The lowest BCUT2D eigenvalue weighted by Gasteiger charge is -2.37. The number of rotatable bonds is 8. The van der Waals surface area contributed by atoms with E-state index >= 15 is 0 Å². The fourth-order valence-corrected chi connectivity index (χ4v) is 9.74. The van der Waals surface area contributed by atoms with Crippen molar-refractivity contribution in [2.75, 3.05) is 28.3 Å². The van der Waals surface area contributed by atoms with Crippen molar-refractivity contribution < 1.29 is 27.5 Å². The molecule has 9 nitrogen and oxygen atoms in total. The molecule has 0 saturated carbocycles. The molecule has 250 valence electrons. The SMILES string of the molecule is COC(=O)[C@@H]1[C@@H](C2N(C)[C@H](c3ccccc3)[C@@H](c3ccccc3)N2C)[C@H](C(=O)OC)N(S(=O)(=O)c2ccc(C)cc2)[C@@H]1c1ccccc1. The molecule has 10 heteroatoms. The summed E-state index contributed by atoms with van der Waals surface area (Å²) in [7, 11) is 2.12. The van der Waals surface area contributed by atoms with Crippen LogP contribution in [0.25, 0.3) is 0 Å². The molecule has 6 atom stereocenters. The highest BCUT2D eigenvalue weighted by molar-refractivity contribution is 7.89. The first kappa shape index (κ1) is 33.5. The highest BCUT2D eigenvalue weighted by Gasteiger charge is 2.65. The van der Waals surface area contributed by atoms with Crippen LogP contribution in [0.5, 0.6) is 0 Å². The van der Waals surface area contributed by atoms with Crippen LogP contribution in [0, 0.1) is 18.8 Å². The average Bonchev–Trinajstić information content (AvgIpc) is 3.60. The van der Waals surface area contributed by atoms with Gasteiger partial charge in [-0.15, -0.1) is 0 Å². The van der Waals surface area contributed by atoms with E-state index in [2.05, 4.69) is 34.1 Å². The molecule has 4 aromatic rings. The first-order chi connectivity index (χ1) is 23.1. The van der Waals surface area contributed by atoms with Crippen molar-refractivity contribution in [3.05, 3.63) is 138 Å². The third-order valence-corrected chi connectivity index (χ3v) is 11.8. The molecular weight excluding hydrogens is 626 g/mol. The minimum atomic E-state index is -4.37. The van der Waals surface area contributed by atoms with Gasteiger partial charge in [0.25, 0.3) is 0 Å². The maximum absolute atomic E-state index is 14.9. The molecule has 2 aliphatic rings. The summed E-state index contributed by atoms with van der Waals surface area (Å²) in [6.07, 6.45) is -0.599. The molecule has 0 aromatic heterocycles. The highest BCUT2D eigenvalue weighted by atomic mass is 32.2. The first-order valence-corrected chi connectivity index (χ1v) is 17.4. The Balaban J connectivity index is 1.61. The second-order valence-electron chi connectivity index (χ2n) is 12.6. The van der Waals surface area contributed by atoms with Crippen LogP contribution in [-0.4, -0.2) is 75.0 Å². The van der Waals surface area contributed by atoms with Crippen LogP contribution in [0.4, 0.5) is 0 Å². The lowest BCUT2D eigenvalue weighted by atomic mass is 9.81. The van der Waals surface area contributed by atoms with Gasteiger partial charge >= 0.3 is 11.9 Å². The van der Waals surface area contributed by atoms with Gasteiger partial charge in [0.15, 0.2) is 0 Å². The third kappa shape index (κ3) is 5.72. The van der Waals surface area contributed by atoms with Gasteiger partial charge in [0, 0.05) is 5.92 Å². The molecule has 2 heterocycles. The standard InChI is InChI=1S/C38H41N3O6S/c1-25-21-23-29(24-22-25)48(44,45)41-32(26-15-9-6-10-16-26)31(37(42)46-4)30(35(41)38(43)47-5)36-39(2)33(27-17-11-7-12-18-27)34(40(36)3)28-19-13-8-14-20-28/h6-24,30-36H,1-5H3/t30-,31-,32-,33-,34-,35-/m1/s1. The van der Waals surface area contributed by atoms with Crippen LogP contribution in [0.3, 0.4) is 0 Å². The van der Waals surface area contributed by atoms with Gasteiger partial charge in [0.2, 0.25) is 10.0 Å². The summed E-state index contributed by atoms with van der Waals surface area (Å²) >= 11 is 0. The van der Waals surface area contributed by atoms with Crippen LogP contribution < -0.4 is 0 Å². The van der Waals surface area contributed by atoms with E-state index in [9.17, 15) is 18.0 Å². The van der Waals surface area contributed by atoms with Gasteiger partial charge in [-0.05, 0) is 49.8 Å². The summed E-state index contributed by atoms with van der Waals surface area (Å²) in [6, 6.07) is 32.8. The average molecular weight is 668 g/mol. The maximum Gasteiger partial charge on any atom is 0.324 e. The number of hydrogen-bond donors (Lipinski definition) is 0. The van der Waals surface area contributed by atoms with Crippen molar-refractivity contribution >= 4 is 22.0 Å². The molecule has 0 radical (unpaired) electrons. The van der Waals surface area contributed by atoms with Gasteiger partial charge in [0.1, 0.15) is 6.04 Å². The van der Waals surface area contributed by atoms with Crippen LogP contribution in [0.15, 0.2) is 120 Å². The van der Waals surface area contributed by atoms with E-state index in [0.717, 1.165) is 16.7 Å². The number of sulfonamides is 1. The molecule has 0 spiro atoms. The number of esters is 2. The Morgan fingerprint density at radius 3 is 1.44 bits per heavy atom. The minimum absolute atomic E-state index is 0.0182. The molecule has 6 rings (SSSR count). The topological polar surface area (TPSA) is 96.5 Å². The Morgan fingerprint density at radius 2 is 1.02 bits per heavy atom. The van der Waals surface area contributed by atoms with E-state index in [1.807, 2.05) is 63.5 Å². The zero-order valence-corrected chi connectivity index (χ0v) is 28.5. The zero-order chi connectivity index (χ0) is 34.2. The Bertz CT molecular complexity index is 1790. The summed E-state index contributed by atoms with van der Waals surface area (Å²) in [6.45, 7) is 1.87. The quantitative estimate of drug-likeness (QED) is 0.232. The fourth-order valence-electron chi connectivity index (χ4n) is 7.94. The Hall–Kier alpha value is -4.35. The smallest absolute Gasteiger partial charge is 0.324 e. The molecule has 0 unspecified atom stereocenters. The largest absolute Gasteiger partial charge is 0.469 e. The van der Waals surface area contributed by atoms with Crippen molar-refractivity contribution in [3.8, 4) is 0 Å². The number of ether oxygens (including phenoxy) is 2. The van der Waals surface area contributed by atoms with Crippen molar-refractivity contribution in [2.24, 2.45) is 11.8 Å². The second kappa shape index (κ2) is 13.6. The lowest BCUT2D eigenvalue weighted by molar-refractivity contribution is -0.151. The zero-order valence-electron chi connectivity index (χ0n) is 27.7. The predicted molar refractivity (Wildman–Crippen MR) is 182 cm³/mol. The number of hydrogen-bond acceptors (Lipinski definition) is 8. The van der Waals surface area contributed by atoms with E-state index in [1.165, 1.54) is 30.7 Å². The molecule has 4 aromatic carbocycles. The number of nitrogens with zero attached hydrogens (tertiary/aromatic N) is 3. The molecule has 2 aliphatic heterocycles. The lowest BCUT2D eigenvalue weighted by Crippen LogP contribution is -2.53. The molecule has 0 amide bonds. The van der Waals surface area contributed by atoms with Gasteiger partial charge in [-0.1, -0.05) is 109 Å². The third-order valence-electron chi connectivity index (χ3n) is 9.96. The monoisotopic (exact) mass is 667 g/mol. The number of benzene rings is 4. The Morgan fingerprint density at radius 1 is 0.604 bits per heavy atom. The molecule has 48 heavy (non-hydrogen) atoms. The van der Waals surface area contributed by atoms with Gasteiger partial charge in [0.05, 0.1) is 49.3 Å². The minimum Gasteiger partial charge on any atom is -0.469 e. The molecular formula is C38H41N3O6S. The molecule has 0 N–H and O–H groups in total. The summed E-state index contributed by atoms with van der Waals surface area (Å²) < 4.78 is 41.8. The number of methoxy groups -OCH3 is 2. The summed E-state index contributed by atoms with van der Waals surface area (Å²) in [5.74, 6) is -3.32. The number of likely N-dealkylation sites (N-methyl/N-ethyl adjacent to an activating group) is 2. The van der Waals surface area contributed by atoms with Crippen LogP contribution in [-0.2, 0) is 29.1 Å². The van der Waals surface area contributed by atoms with E-state index in [1.54, 1.807) is 36.4 Å². The molecule has 2 saturated heterocycles. The van der Waals surface area contributed by atoms with E-state index in [4.69, 9.17) is 9.47 Å². The van der Waals surface area contributed by atoms with Crippen LogP contribution in [0.2, 0.25) is 0 Å². The fraction of sp³-hybridized carbons (Fsp3) is 0.316. The van der Waals surface area contributed by atoms with Crippen LogP contribution >= 0.6 is 0 Å². The molecule has 0 aliphatic carbocycles. The predicted octanol–water partition coefficient (Wildman–Crippen LogP) is 5.37. The Kier molecular flexibility index (Phi) is 9.53. The Labute approximate surface area is 282 Å². The second-order valence-corrected chi connectivity index (χ2v) is 14.4. The number of aryl methyl sites for hydroxylation is 1. The molecule has 0 bridgehead atoms. The summed E-state index contributed by atoms with van der Waals surface area (Å²) in [5, 5.41) is 0. The number of carbonyl (C=O) groups excluding carboxylic acids is 2. The van der Waals surface area contributed by atoms with E-state index in [-0.39, 0.29) is 17.0 Å². The first-order valence-electron chi connectivity index (χ1n) is 16.0.